The number of hydrogen-bond donors (Lipinski definition) is 1. The van der Waals surface area contributed by atoms with E-state index in [2.05, 4.69) is 24.0 Å². The van der Waals surface area contributed by atoms with Crippen molar-refractivity contribution in [3.63, 3.8) is 0 Å². The normalized spacial score (nSPS) is 10.5. The van der Waals surface area contributed by atoms with E-state index in [1.807, 2.05) is 31.2 Å². The standard InChI is InChI=1S/C22H26N2O4/c1-4-12-27-19-9-7-8-17(14-19)16-23-24-22(25)18-10-11-20(28-13-5-2)21(15-18)26-6-3/h5,7-11,14-16H,2,4,6,12-13H2,1,3H3,(H,24,25)/b23-16+. The second-order valence-electron chi connectivity index (χ2n) is 5.81. The Morgan fingerprint density at radius 1 is 1.11 bits per heavy atom. The molecule has 0 radical (unpaired) electrons. The van der Waals surface area contributed by atoms with Crippen molar-refractivity contribution >= 4 is 12.1 Å². The van der Waals surface area contributed by atoms with E-state index in [-0.39, 0.29) is 5.91 Å². The van der Waals surface area contributed by atoms with E-state index in [1.54, 1.807) is 30.5 Å². The largest absolute Gasteiger partial charge is 0.494 e. The summed E-state index contributed by atoms with van der Waals surface area (Å²) in [5.74, 6) is 1.49. The van der Waals surface area contributed by atoms with Crippen LogP contribution in [0.25, 0.3) is 0 Å². The maximum absolute atomic E-state index is 12.4. The van der Waals surface area contributed by atoms with Crippen molar-refractivity contribution in [1.82, 2.24) is 5.43 Å². The third-order valence-electron chi connectivity index (χ3n) is 3.57. The molecule has 0 aliphatic heterocycles. The molecule has 6 nitrogen and oxygen atoms in total. The third kappa shape index (κ3) is 6.46. The van der Waals surface area contributed by atoms with Gasteiger partial charge in [-0.1, -0.05) is 31.7 Å². The predicted octanol–water partition coefficient (Wildman–Crippen LogP) is 4.20. The molecule has 0 saturated heterocycles. The van der Waals surface area contributed by atoms with Crippen LogP contribution >= 0.6 is 0 Å². The van der Waals surface area contributed by atoms with Crippen LogP contribution in [0.3, 0.4) is 0 Å². The summed E-state index contributed by atoms with van der Waals surface area (Å²) in [7, 11) is 0. The Morgan fingerprint density at radius 2 is 1.96 bits per heavy atom. The maximum atomic E-state index is 12.4. The Morgan fingerprint density at radius 3 is 2.71 bits per heavy atom. The summed E-state index contributed by atoms with van der Waals surface area (Å²) >= 11 is 0. The molecule has 0 aromatic heterocycles. The lowest BCUT2D eigenvalue weighted by Crippen LogP contribution is -2.17. The van der Waals surface area contributed by atoms with E-state index in [0.29, 0.717) is 36.9 Å². The molecule has 0 fully saturated rings. The molecule has 0 saturated carbocycles. The lowest BCUT2D eigenvalue weighted by Gasteiger charge is -2.12. The van der Waals surface area contributed by atoms with Gasteiger partial charge < -0.3 is 14.2 Å². The third-order valence-corrected chi connectivity index (χ3v) is 3.57. The molecular formula is C22H26N2O4. The van der Waals surface area contributed by atoms with E-state index in [9.17, 15) is 4.79 Å². The zero-order chi connectivity index (χ0) is 20.2. The first kappa shape index (κ1) is 21.0. The summed E-state index contributed by atoms with van der Waals surface area (Å²) < 4.78 is 16.7. The average Bonchev–Trinajstić information content (AvgIpc) is 2.71. The first-order chi connectivity index (χ1) is 13.7. The van der Waals surface area contributed by atoms with Gasteiger partial charge in [0.1, 0.15) is 12.4 Å². The molecule has 2 rings (SSSR count). The fraction of sp³-hybridized carbons (Fsp3) is 0.273. The number of carbonyl (C=O) groups is 1. The molecule has 1 amide bonds. The van der Waals surface area contributed by atoms with Gasteiger partial charge in [-0.3, -0.25) is 4.79 Å². The molecule has 0 atom stereocenters. The second kappa shape index (κ2) is 11.4. The van der Waals surface area contributed by atoms with E-state index in [4.69, 9.17) is 14.2 Å². The fourth-order valence-corrected chi connectivity index (χ4v) is 2.32. The van der Waals surface area contributed by atoms with Gasteiger partial charge in [0, 0.05) is 5.56 Å². The van der Waals surface area contributed by atoms with Gasteiger partial charge in [0.05, 0.1) is 19.4 Å². The number of rotatable bonds is 11. The minimum Gasteiger partial charge on any atom is -0.494 e. The predicted molar refractivity (Wildman–Crippen MR) is 111 cm³/mol. The summed E-state index contributed by atoms with van der Waals surface area (Å²) in [6.45, 7) is 9.02. The smallest absolute Gasteiger partial charge is 0.271 e. The van der Waals surface area contributed by atoms with Crippen molar-refractivity contribution in [2.24, 2.45) is 5.10 Å². The van der Waals surface area contributed by atoms with E-state index in [0.717, 1.165) is 17.7 Å². The quantitative estimate of drug-likeness (QED) is 0.359. The molecule has 6 heteroatoms. The SMILES string of the molecule is C=CCOc1ccc(C(=O)N/N=C/c2cccc(OCCC)c2)cc1OCC. The van der Waals surface area contributed by atoms with Crippen molar-refractivity contribution in [2.75, 3.05) is 19.8 Å². The Balaban J connectivity index is 2.03. The van der Waals surface area contributed by atoms with Crippen LogP contribution in [0.1, 0.15) is 36.2 Å². The van der Waals surface area contributed by atoms with Crippen LogP contribution in [-0.4, -0.2) is 31.9 Å². The number of carbonyl (C=O) groups excluding carboxylic acids is 1. The minimum atomic E-state index is -0.342. The minimum absolute atomic E-state index is 0.342. The summed E-state index contributed by atoms with van der Waals surface area (Å²) in [4.78, 5) is 12.4. The highest BCUT2D eigenvalue weighted by molar-refractivity contribution is 5.95. The van der Waals surface area contributed by atoms with Crippen molar-refractivity contribution in [2.45, 2.75) is 20.3 Å². The van der Waals surface area contributed by atoms with Gasteiger partial charge in [-0.05, 0) is 49.2 Å². The van der Waals surface area contributed by atoms with Gasteiger partial charge in [0.2, 0.25) is 0 Å². The fourth-order valence-electron chi connectivity index (χ4n) is 2.32. The molecule has 0 aliphatic rings. The van der Waals surface area contributed by atoms with Gasteiger partial charge in [0.15, 0.2) is 11.5 Å². The van der Waals surface area contributed by atoms with Crippen LogP contribution in [0.2, 0.25) is 0 Å². The number of nitrogens with one attached hydrogen (secondary N) is 1. The molecule has 0 bridgehead atoms. The molecule has 0 unspecified atom stereocenters. The van der Waals surface area contributed by atoms with Crippen molar-refractivity contribution in [1.29, 1.82) is 0 Å². The molecule has 2 aromatic carbocycles. The van der Waals surface area contributed by atoms with E-state index in [1.165, 1.54) is 0 Å². The lowest BCUT2D eigenvalue weighted by molar-refractivity contribution is 0.0954. The Labute approximate surface area is 165 Å². The number of ether oxygens (including phenoxy) is 3. The topological polar surface area (TPSA) is 69.2 Å². The van der Waals surface area contributed by atoms with Crippen molar-refractivity contribution in [3.05, 3.63) is 66.2 Å². The first-order valence-corrected chi connectivity index (χ1v) is 9.24. The van der Waals surface area contributed by atoms with Crippen LogP contribution in [0, 0.1) is 0 Å². The maximum Gasteiger partial charge on any atom is 0.271 e. The number of hydrazone groups is 1. The van der Waals surface area contributed by atoms with E-state index >= 15 is 0 Å². The molecule has 2 aromatic rings. The summed E-state index contributed by atoms with van der Waals surface area (Å²) in [5, 5.41) is 4.02. The van der Waals surface area contributed by atoms with Crippen LogP contribution < -0.4 is 19.6 Å². The molecule has 148 valence electrons. The van der Waals surface area contributed by atoms with Gasteiger partial charge in [-0.25, -0.2) is 5.43 Å². The first-order valence-electron chi connectivity index (χ1n) is 9.24. The molecule has 1 N–H and O–H groups in total. The molecular weight excluding hydrogens is 356 g/mol. The summed E-state index contributed by atoms with van der Waals surface area (Å²) in [6, 6.07) is 12.5. The molecule has 0 heterocycles. The highest BCUT2D eigenvalue weighted by atomic mass is 16.5. The number of hydrogen-bond acceptors (Lipinski definition) is 5. The summed E-state index contributed by atoms with van der Waals surface area (Å²) in [5.41, 5.74) is 3.77. The van der Waals surface area contributed by atoms with Gasteiger partial charge in [-0.2, -0.15) is 5.10 Å². The number of amides is 1. The summed E-state index contributed by atoms with van der Waals surface area (Å²) in [6.07, 6.45) is 4.16. The molecule has 28 heavy (non-hydrogen) atoms. The highest BCUT2D eigenvalue weighted by Gasteiger charge is 2.11. The van der Waals surface area contributed by atoms with Crippen LogP contribution in [0.5, 0.6) is 17.2 Å². The molecule has 0 spiro atoms. The van der Waals surface area contributed by atoms with Crippen molar-refractivity contribution < 1.29 is 19.0 Å². The zero-order valence-corrected chi connectivity index (χ0v) is 16.3. The Hall–Kier alpha value is -3.28. The Bertz CT molecular complexity index is 818. The Kier molecular flexibility index (Phi) is 8.59. The van der Waals surface area contributed by atoms with Gasteiger partial charge >= 0.3 is 0 Å². The van der Waals surface area contributed by atoms with Gasteiger partial charge in [0.25, 0.3) is 5.91 Å². The highest BCUT2D eigenvalue weighted by Crippen LogP contribution is 2.28. The van der Waals surface area contributed by atoms with Crippen LogP contribution in [-0.2, 0) is 0 Å². The van der Waals surface area contributed by atoms with Crippen molar-refractivity contribution in [3.8, 4) is 17.2 Å². The van der Waals surface area contributed by atoms with Crippen LogP contribution in [0.15, 0.2) is 60.2 Å². The van der Waals surface area contributed by atoms with Crippen LogP contribution in [0.4, 0.5) is 0 Å². The second-order valence-corrected chi connectivity index (χ2v) is 5.81. The number of benzene rings is 2. The zero-order valence-electron chi connectivity index (χ0n) is 16.3. The number of nitrogens with zero attached hydrogens (tertiary/aromatic N) is 1. The monoisotopic (exact) mass is 382 g/mol. The average molecular weight is 382 g/mol. The lowest BCUT2D eigenvalue weighted by atomic mass is 10.2. The van der Waals surface area contributed by atoms with E-state index < -0.39 is 0 Å². The van der Waals surface area contributed by atoms with Gasteiger partial charge in [-0.15, -0.1) is 0 Å². The molecule has 0 aliphatic carbocycles.